The molecule has 0 spiro atoms. The van der Waals surface area contributed by atoms with Crippen molar-refractivity contribution in [2.45, 2.75) is 12.1 Å². The molecule has 130 valence electrons. The molecule has 1 aromatic carbocycles. The molecule has 0 saturated carbocycles. The highest BCUT2D eigenvalue weighted by atomic mass is 35.5. The quantitative estimate of drug-likeness (QED) is 0.879. The van der Waals surface area contributed by atoms with Gasteiger partial charge in [0.25, 0.3) is 5.91 Å². The van der Waals surface area contributed by atoms with Gasteiger partial charge in [-0.05, 0) is 29.3 Å². The van der Waals surface area contributed by atoms with Gasteiger partial charge in [-0.3, -0.25) is 14.7 Å². The monoisotopic (exact) mass is 383 g/mol. The van der Waals surface area contributed by atoms with Gasteiger partial charge < -0.3 is 10.5 Å². The summed E-state index contributed by atoms with van der Waals surface area (Å²) in [5.74, 6) is -1.34. The largest absolute Gasteiger partial charge is 0.434 e. The molecule has 1 aromatic heterocycles. The molecule has 1 aliphatic rings. The lowest BCUT2D eigenvalue weighted by atomic mass is 9.98. The summed E-state index contributed by atoms with van der Waals surface area (Å²) >= 11 is 11.9. The minimum absolute atomic E-state index is 0.0552. The first-order valence-electron chi connectivity index (χ1n) is 7.19. The first-order chi connectivity index (χ1) is 11.9. The number of benzene rings is 1. The number of aromatic nitrogens is 1. The van der Waals surface area contributed by atoms with Crippen LogP contribution in [0, 0.1) is 5.82 Å². The fourth-order valence-electron chi connectivity index (χ4n) is 2.65. The van der Waals surface area contributed by atoms with Crippen molar-refractivity contribution >= 4 is 35.2 Å². The molecular weight excluding hydrogens is 372 g/mol. The molecule has 1 fully saturated rings. The molecule has 25 heavy (non-hydrogen) atoms. The Morgan fingerprint density at radius 2 is 2.08 bits per heavy atom. The Morgan fingerprint density at radius 3 is 2.68 bits per heavy atom. The molecule has 1 aliphatic heterocycles. The number of cyclic esters (lactones) is 1. The topological polar surface area (TPSA) is 85.5 Å². The molecule has 9 heteroatoms. The van der Waals surface area contributed by atoms with Crippen LogP contribution in [-0.4, -0.2) is 34.5 Å². The smallest absolute Gasteiger partial charge is 0.411 e. The number of pyridine rings is 1. The van der Waals surface area contributed by atoms with E-state index in [-0.39, 0.29) is 11.6 Å². The fraction of sp³-hybridized carbons (Fsp3) is 0.188. The first-order valence-corrected chi connectivity index (χ1v) is 7.94. The lowest BCUT2D eigenvalue weighted by molar-refractivity contribution is -0.124. The zero-order valence-electron chi connectivity index (χ0n) is 12.7. The molecular formula is C16H12Cl2FN3O3. The van der Waals surface area contributed by atoms with Crippen molar-refractivity contribution < 1.29 is 18.7 Å². The van der Waals surface area contributed by atoms with Crippen molar-refractivity contribution in [1.29, 1.82) is 0 Å². The molecule has 1 saturated heterocycles. The van der Waals surface area contributed by atoms with Gasteiger partial charge >= 0.3 is 6.09 Å². The molecule has 2 N–H and O–H groups in total. The summed E-state index contributed by atoms with van der Waals surface area (Å²) in [5, 5.41) is 0.256. The number of primary amides is 1. The van der Waals surface area contributed by atoms with Crippen molar-refractivity contribution in [3.63, 3.8) is 0 Å². The number of rotatable bonds is 4. The van der Waals surface area contributed by atoms with Gasteiger partial charge in [-0.2, -0.15) is 0 Å². The fourth-order valence-corrected chi connectivity index (χ4v) is 3.02. The number of carbonyl (C=O) groups is 2. The third-order valence-corrected chi connectivity index (χ3v) is 4.27. The first kappa shape index (κ1) is 17.4. The van der Waals surface area contributed by atoms with Crippen molar-refractivity contribution in [1.82, 2.24) is 9.88 Å². The molecule has 0 bridgehead atoms. The van der Waals surface area contributed by atoms with Crippen molar-refractivity contribution in [3.05, 3.63) is 63.6 Å². The number of nitrogens with two attached hydrogens (primary N) is 1. The average molecular weight is 384 g/mol. The molecule has 0 radical (unpaired) electrons. The number of halogens is 3. The Balaban J connectivity index is 2.07. The van der Waals surface area contributed by atoms with Crippen LogP contribution in [0.5, 0.6) is 0 Å². The van der Waals surface area contributed by atoms with Crippen LogP contribution >= 0.6 is 23.2 Å². The van der Waals surface area contributed by atoms with Crippen LogP contribution < -0.4 is 5.73 Å². The Hall–Kier alpha value is -2.38. The van der Waals surface area contributed by atoms with Gasteiger partial charge in [-0.25, -0.2) is 9.18 Å². The summed E-state index contributed by atoms with van der Waals surface area (Å²) in [6, 6.07) is 4.96. The van der Waals surface area contributed by atoms with E-state index in [1.807, 2.05) is 0 Å². The normalized spacial score (nSPS) is 18.1. The Bertz CT molecular complexity index is 849. The molecule has 2 heterocycles. The standard InChI is InChI=1S/C16H12Cl2FN3O3/c17-10-3-9(5-21-6-10)14(8-1-2-12(19)11(18)4-8)22-7-13(15(20)23)25-16(22)24/h1-6,13-14H,7H2,(H2,20,23)/t13?,14-/m0/s1. The highest BCUT2D eigenvalue weighted by Gasteiger charge is 2.40. The lowest BCUT2D eigenvalue weighted by Gasteiger charge is -2.26. The number of amides is 2. The number of carbonyl (C=O) groups excluding carboxylic acids is 2. The van der Waals surface area contributed by atoms with E-state index < -0.39 is 30.0 Å². The second-order valence-corrected chi connectivity index (χ2v) is 6.28. The molecule has 2 amide bonds. The van der Waals surface area contributed by atoms with E-state index in [2.05, 4.69) is 4.98 Å². The summed E-state index contributed by atoms with van der Waals surface area (Å²) in [7, 11) is 0. The van der Waals surface area contributed by atoms with Gasteiger partial charge in [0.2, 0.25) is 0 Å². The van der Waals surface area contributed by atoms with Gasteiger partial charge in [0.1, 0.15) is 5.82 Å². The summed E-state index contributed by atoms with van der Waals surface area (Å²) < 4.78 is 18.5. The van der Waals surface area contributed by atoms with Crippen LogP contribution in [0.1, 0.15) is 17.2 Å². The second-order valence-electron chi connectivity index (χ2n) is 5.44. The van der Waals surface area contributed by atoms with Crippen LogP contribution in [-0.2, 0) is 9.53 Å². The molecule has 2 atom stereocenters. The minimum Gasteiger partial charge on any atom is -0.434 e. The Kier molecular flexibility index (Phi) is 4.78. The zero-order chi connectivity index (χ0) is 18.1. The number of hydrogen-bond acceptors (Lipinski definition) is 4. The maximum absolute atomic E-state index is 13.5. The van der Waals surface area contributed by atoms with E-state index in [4.69, 9.17) is 33.7 Å². The Labute approximate surface area is 152 Å². The van der Waals surface area contributed by atoms with Crippen molar-refractivity contribution in [2.24, 2.45) is 5.73 Å². The zero-order valence-corrected chi connectivity index (χ0v) is 14.2. The van der Waals surface area contributed by atoms with Crippen LogP contribution in [0.4, 0.5) is 9.18 Å². The maximum atomic E-state index is 13.5. The van der Waals surface area contributed by atoms with E-state index in [0.717, 1.165) is 0 Å². The predicted octanol–water partition coefficient (Wildman–Crippen LogP) is 2.92. The summed E-state index contributed by atoms with van der Waals surface area (Å²) in [6.07, 6.45) is 1.15. The van der Waals surface area contributed by atoms with Crippen LogP contribution in [0.3, 0.4) is 0 Å². The molecule has 0 aliphatic carbocycles. The number of ether oxygens (including phenoxy) is 1. The highest BCUT2D eigenvalue weighted by Crippen LogP contribution is 2.34. The van der Waals surface area contributed by atoms with Gasteiger partial charge in [0.05, 0.1) is 22.6 Å². The lowest BCUT2D eigenvalue weighted by Crippen LogP contribution is -2.34. The second kappa shape index (κ2) is 6.85. The SMILES string of the molecule is NC(=O)C1CN([C@H](c2cncc(Cl)c2)c2ccc(F)c(Cl)c2)C(=O)O1. The van der Waals surface area contributed by atoms with Crippen molar-refractivity contribution in [2.75, 3.05) is 6.54 Å². The van der Waals surface area contributed by atoms with Gasteiger partial charge in [0.15, 0.2) is 6.10 Å². The van der Waals surface area contributed by atoms with E-state index in [1.165, 1.54) is 35.5 Å². The third-order valence-electron chi connectivity index (χ3n) is 3.77. The number of nitrogens with zero attached hydrogens (tertiary/aromatic N) is 2. The minimum atomic E-state index is -1.07. The Morgan fingerprint density at radius 1 is 1.32 bits per heavy atom. The van der Waals surface area contributed by atoms with E-state index in [1.54, 1.807) is 6.07 Å². The van der Waals surface area contributed by atoms with E-state index >= 15 is 0 Å². The molecule has 1 unspecified atom stereocenters. The molecule has 3 rings (SSSR count). The summed E-state index contributed by atoms with van der Waals surface area (Å²) in [5.41, 5.74) is 6.29. The van der Waals surface area contributed by atoms with Gasteiger partial charge in [-0.15, -0.1) is 0 Å². The van der Waals surface area contributed by atoms with Gasteiger partial charge in [0, 0.05) is 12.4 Å². The summed E-state index contributed by atoms with van der Waals surface area (Å²) in [6.45, 7) is -0.0552. The van der Waals surface area contributed by atoms with E-state index in [9.17, 15) is 14.0 Å². The van der Waals surface area contributed by atoms with Crippen LogP contribution in [0.15, 0.2) is 36.7 Å². The van der Waals surface area contributed by atoms with Gasteiger partial charge in [-0.1, -0.05) is 29.3 Å². The molecule has 6 nitrogen and oxygen atoms in total. The van der Waals surface area contributed by atoms with Crippen molar-refractivity contribution in [3.8, 4) is 0 Å². The maximum Gasteiger partial charge on any atom is 0.411 e. The third kappa shape index (κ3) is 3.52. The van der Waals surface area contributed by atoms with Crippen LogP contribution in [0.2, 0.25) is 10.0 Å². The molecule has 2 aromatic rings. The summed E-state index contributed by atoms with van der Waals surface area (Å²) in [4.78, 5) is 28.9. The van der Waals surface area contributed by atoms with Crippen LogP contribution in [0.25, 0.3) is 0 Å². The number of hydrogen-bond donors (Lipinski definition) is 1. The average Bonchev–Trinajstić information content (AvgIpc) is 2.93. The predicted molar refractivity (Wildman–Crippen MR) is 88.7 cm³/mol. The highest BCUT2D eigenvalue weighted by molar-refractivity contribution is 6.31. The van der Waals surface area contributed by atoms with E-state index in [0.29, 0.717) is 16.1 Å².